The Morgan fingerprint density at radius 2 is 1.76 bits per heavy atom. The van der Waals surface area contributed by atoms with Crippen LogP contribution < -0.4 is 11.0 Å². The minimum absolute atomic E-state index is 0.0747. The van der Waals surface area contributed by atoms with E-state index in [1.807, 2.05) is 70.2 Å². The number of fused-ring (bicyclic) bond motifs is 1. The molecule has 13 heteroatoms. The molecule has 2 amide bonds. The molecule has 10 nitrogen and oxygen atoms in total. The van der Waals surface area contributed by atoms with Crippen LogP contribution in [0.15, 0.2) is 83.8 Å². The molecule has 3 aromatic carbocycles. The first kappa shape index (κ1) is 40.9. The van der Waals surface area contributed by atoms with Crippen molar-refractivity contribution in [2.45, 2.75) is 91.0 Å². The Hall–Kier alpha value is -5.23. The normalized spacial score (nSPS) is 12.7. The number of aromatic amines is 1. The summed E-state index contributed by atoms with van der Waals surface area (Å²) >= 11 is 6.32. The fourth-order valence-electron chi connectivity index (χ4n) is 6.17. The van der Waals surface area contributed by atoms with E-state index in [0.29, 0.717) is 48.1 Å². The fourth-order valence-corrected chi connectivity index (χ4v) is 6.41. The number of H-pyrrole nitrogens is 1. The number of nitrogens with one attached hydrogen (secondary N) is 2. The van der Waals surface area contributed by atoms with Crippen LogP contribution in [0, 0.1) is 5.82 Å². The lowest BCUT2D eigenvalue weighted by atomic mass is 10.0. The van der Waals surface area contributed by atoms with Gasteiger partial charge in [-0.05, 0) is 100 Å². The Morgan fingerprint density at radius 3 is 2.44 bits per heavy atom. The van der Waals surface area contributed by atoms with Gasteiger partial charge >= 0.3 is 17.9 Å². The second-order valence-electron chi connectivity index (χ2n) is 14.6. The van der Waals surface area contributed by atoms with Crippen LogP contribution in [-0.4, -0.2) is 56.5 Å². The lowest BCUT2D eigenvalue weighted by molar-refractivity contribution is 0.0170. The summed E-state index contributed by atoms with van der Waals surface area (Å²) < 4.78 is 41.5. The van der Waals surface area contributed by atoms with E-state index < -0.39 is 35.9 Å². The molecule has 2 heterocycles. The molecule has 0 fully saturated rings. The molecular formula is C42H48ClF2N5O5. The Kier molecular flexibility index (Phi) is 13.7. The van der Waals surface area contributed by atoms with Crippen molar-refractivity contribution in [3.05, 3.63) is 117 Å². The SMILES string of the molecule is CCCCN(C(=O)OC(C)(C)C)[C@@H](C)c1ccc(-n2cc3cc(-c4cc(CCC[C@H](CF)NC(=O)OCc5ccccc5)cc(Cl)c4F)[nH]c3nc2=O)cc1. The lowest BCUT2D eigenvalue weighted by Gasteiger charge is -2.32. The van der Waals surface area contributed by atoms with Crippen LogP contribution in [0.1, 0.15) is 83.0 Å². The van der Waals surface area contributed by atoms with E-state index >= 15 is 4.39 Å². The van der Waals surface area contributed by atoms with Crippen LogP contribution in [0.4, 0.5) is 18.4 Å². The fraction of sp³-hybridized carbons (Fsp3) is 0.381. The van der Waals surface area contributed by atoms with E-state index in [1.54, 1.807) is 35.4 Å². The molecule has 2 aromatic heterocycles. The number of aromatic nitrogens is 3. The smallest absolute Gasteiger partial charge is 0.410 e. The van der Waals surface area contributed by atoms with Gasteiger partial charge in [-0.15, -0.1) is 0 Å². The quantitative estimate of drug-likeness (QED) is 0.109. The van der Waals surface area contributed by atoms with Crippen molar-refractivity contribution in [1.82, 2.24) is 24.8 Å². The van der Waals surface area contributed by atoms with Gasteiger partial charge in [0, 0.05) is 23.7 Å². The number of nitrogens with zero attached hydrogens (tertiary/aromatic N) is 3. The third-order valence-electron chi connectivity index (χ3n) is 9.13. The molecule has 292 valence electrons. The van der Waals surface area contributed by atoms with Gasteiger partial charge in [-0.2, -0.15) is 4.98 Å². The Bertz CT molecular complexity index is 2130. The first-order valence-electron chi connectivity index (χ1n) is 18.5. The molecule has 2 N–H and O–H groups in total. The summed E-state index contributed by atoms with van der Waals surface area (Å²) in [5.74, 6) is -0.638. The maximum Gasteiger partial charge on any atom is 0.410 e. The van der Waals surface area contributed by atoms with Crippen LogP contribution in [0.3, 0.4) is 0 Å². The molecule has 0 aliphatic rings. The Morgan fingerprint density at radius 1 is 1.04 bits per heavy atom. The second kappa shape index (κ2) is 18.4. The molecule has 5 rings (SSSR count). The zero-order valence-electron chi connectivity index (χ0n) is 31.8. The minimum atomic E-state index is -0.769. The van der Waals surface area contributed by atoms with Crippen molar-refractivity contribution in [1.29, 1.82) is 0 Å². The van der Waals surface area contributed by atoms with E-state index in [0.717, 1.165) is 24.0 Å². The summed E-state index contributed by atoms with van der Waals surface area (Å²) in [6.45, 7) is 9.38. The maximum absolute atomic E-state index is 15.4. The molecule has 0 bridgehead atoms. The standard InChI is InChI=1S/C42H48ClF2N5O5/c1-6-7-20-49(41(53)55-42(3,4)5)27(2)30-16-18-33(19-17-30)50-25-31-23-36(47-38(31)48-39(50)51)34-21-29(22-35(43)37(34)45)14-11-15-32(24-44)46-40(52)54-26-28-12-9-8-10-13-28/h8-10,12-13,16-19,21-23,25,27,32H,6-7,11,14-15,20,24,26H2,1-5H3,(H,46,52)(H,47,48,51)/t27-,32+/m0/s1. The van der Waals surface area contributed by atoms with Gasteiger partial charge in [-0.25, -0.2) is 23.2 Å². The maximum atomic E-state index is 15.4. The molecule has 0 radical (unpaired) electrons. The van der Waals surface area contributed by atoms with Crippen molar-refractivity contribution >= 4 is 34.8 Å². The van der Waals surface area contributed by atoms with Crippen molar-refractivity contribution in [3.63, 3.8) is 0 Å². The number of benzene rings is 3. The van der Waals surface area contributed by atoms with Crippen molar-refractivity contribution in [3.8, 4) is 16.9 Å². The lowest BCUT2D eigenvalue weighted by Crippen LogP contribution is -2.39. The molecule has 0 saturated carbocycles. The largest absolute Gasteiger partial charge is 0.445 e. The molecular weight excluding hydrogens is 728 g/mol. The summed E-state index contributed by atoms with van der Waals surface area (Å²) in [7, 11) is 0. The van der Waals surface area contributed by atoms with Crippen molar-refractivity contribution in [2.75, 3.05) is 13.2 Å². The number of unbranched alkanes of at least 4 members (excludes halogenated alkanes) is 1. The van der Waals surface area contributed by atoms with Crippen LogP contribution in [0.25, 0.3) is 28.0 Å². The molecule has 2 atom stereocenters. The number of hydrogen-bond acceptors (Lipinski definition) is 6. The number of amides is 2. The first-order chi connectivity index (χ1) is 26.3. The van der Waals surface area contributed by atoms with Crippen LogP contribution in [-0.2, 0) is 22.5 Å². The number of aryl methyl sites for hydroxylation is 1. The molecule has 5 aromatic rings. The average Bonchev–Trinajstić information content (AvgIpc) is 3.57. The summed E-state index contributed by atoms with van der Waals surface area (Å²) in [5.41, 5.74) is 2.67. The molecule has 0 spiro atoms. The van der Waals surface area contributed by atoms with Crippen LogP contribution in [0.2, 0.25) is 5.02 Å². The van der Waals surface area contributed by atoms with Crippen molar-refractivity contribution < 1.29 is 27.8 Å². The summed E-state index contributed by atoms with van der Waals surface area (Å²) in [5, 5.41) is 3.05. The number of alkyl halides is 1. The monoisotopic (exact) mass is 775 g/mol. The Labute approximate surface area is 324 Å². The number of carbonyl (C=O) groups is 2. The highest BCUT2D eigenvalue weighted by atomic mass is 35.5. The predicted octanol–water partition coefficient (Wildman–Crippen LogP) is 9.86. The Balaban J connectivity index is 1.28. The van der Waals surface area contributed by atoms with Gasteiger partial charge in [0.2, 0.25) is 0 Å². The first-order valence-corrected chi connectivity index (χ1v) is 18.9. The number of carbonyl (C=O) groups excluding carboxylic acids is 2. The zero-order chi connectivity index (χ0) is 39.7. The highest BCUT2D eigenvalue weighted by molar-refractivity contribution is 6.31. The van der Waals surface area contributed by atoms with Gasteiger partial charge in [0.15, 0.2) is 5.82 Å². The molecule has 0 unspecified atom stereocenters. The minimum Gasteiger partial charge on any atom is -0.445 e. The third-order valence-corrected chi connectivity index (χ3v) is 9.40. The van der Waals surface area contributed by atoms with E-state index in [1.165, 1.54) is 10.6 Å². The highest BCUT2D eigenvalue weighted by Gasteiger charge is 2.27. The van der Waals surface area contributed by atoms with E-state index in [4.69, 9.17) is 21.1 Å². The number of alkyl carbamates (subject to hydrolysis) is 1. The predicted molar refractivity (Wildman–Crippen MR) is 211 cm³/mol. The molecule has 0 aliphatic carbocycles. The van der Waals surface area contributed by atoms with Crippen LogP contribution in [0.5, 0.6) is 0 Å². The van der Waals surface area contributed by atoms with E-state index in [-0.39, 0.29) is 35.0 Å². The highest BCUT2D eigenvalue weighted by Crippen LogP contribution is 2.32. The molecule has 0 aliphatic heterocycles. The average molecular weight is 776 g/mol. The van der Waals surface area contributed by atoms with Gasteiger partial charge in [-0.1, -0.05) is 67.4 Å². The number of halogens is 3. The number of rotatable bonds is 15. The zero-order valence-corrected chi connectivity index (χ0v) is 32.6. The van der Waals surface area contributed by atoms with Gasteiger partial charge in [-0.3, -0.25) is 4.57 Å². The third kappa shape index (κ3) is 10.9. The topological polar surface area (TPSA) is 119 Å². The van der Waals surface area contributed by atoms with Gasteiger partial charge < -0.3 is 24.7 Å². The molecule has 55 heavy (non-hydrogen) atoms. The second-order valence-corrected chi connectivity index (χ2v) is 15.0. The number of ether oxygens (including phenoxy) is 2. The van der Waals surface area contributed by atoms with Gasteiger partial charge in [0.1, 0.15) is 24.5 Å². The number of hydrogen-bond donors (Lipinski definition) is 2. The molecule has 0 saturated heterocycles. The van der Waals surface area contributed by atoms with Crippen LogP contribution >= 0.6 is 11.6 Å². The van der Waals surface area contributed by atoms with Gasteiger partial charge in [0.05, 0.1) is 28.5 Å². The summed E-state index contributed by atoms with van der Waals surface area (Å²) in [6.07, 6.45) is 3.55. The van der Waals surface area contributed by atoms with Crippen molar-refractivity contribution in [2.24, 2.45) is 0 Å². The summed E-state index contributed by atoms with van der Waals surface area (Å²) in [6, 6.07) is 20.4. The summed E-state index contributed by atoms with van der Waals surface area (Å²) in [4.78, 5) is 47.5. The van der Waals surface area contributed by atoms with E-state index in [9.17, 15) is 18.8 Å². The van der Waals surface area contributed by atoms with Gasteiger partial charge in [0.25, 0.3) is 0 Å². The van der Waals surface area contributed by atoms with E-state index in [2.05, 4.69) is 22.2 Å².